The van der Waals surface area contributed by atoms with E-state index in [9.17, 15) is 19.8 Å². The molecule has 0 rings (SSSR count). The van der Waals surface area contributed by atoms with Crippen LogP contribution in [0.2, 0.25) is 0 Å². The summed E-state index contributed by atoms with van der Waals surface area (Å²) in [7, 11) is 2.27. The van der Waals surface area contributed by atoms with Crippen molar-refractivity contribution in [3.05, 3.63) is 0 Å². The predicted octanol–water partition coefficient (Wildman–Crippen LogP) is -9.47. The molecule has 0 aromatic rings. The smallest absolute Gasteiger partial charge is 0.548 e. The maximum Gasteiger partial charge on any atom is 1.00 e. The molecule has 0 fully saturated rings. The molecule has 0 spiro atoms. The molecule has 16 heavy (non-hydrogen) atoms. The Kier molecular flexibility index (Phi) is 18.5. The van der Waals surface area contributed by atoms with Gasteiger partial charge >= 0.3 is 59.1 Å². The number of carbonyl (C=O) groups is 2. The third-order valence-corrected chi connectivity index (χ3v) is 3.66. The Morgan fingerprint density at radius 3 is 1.38 bits per heavy atom. The molecule has 0 aliphatic carbocycles. The standard InChI is InChI=1S/C6H12N2O4S2.2Na/c7-3(5(9)10)1-13-14-2-4(8)6(11)12;;/h3-4H,1-2,7-8H2,(H,9,10)(H,11,12);;/q;2*+1/p-2/t3-,4?;;/m0../s1. The zero-order valence-electron chi connectivity index (χ0n) is 9.17. The van der Waals surface area contributed by atoms with Gasteiger partial charge in [-0.15, -0.1) is 0 Å². The van der Waals surface area contributed by atoms with E-state index in [1.165, 1.54) is 0 Å². The molecular formula is C6H10N2Na2O4S2. The largest absolute Gasteiger partial charge is 1.00 e. The fourth-order valence-corrected chi connectivity index (χ4v) is 2.59. The van der Waals surface area contributed by atoms with Crippen molar-refractivity contribution in [2.45, 2.75) is 12.1 Å². The Balaban J connectivity index is -0.000000845. The van der Waals surface area contributed by atoms with Gasteiger partial charge in [0.2, 0.25) is 0 Å². The van der Waals surface area contributed by atoms with Crippen molar-refractivity contribution < 1.29 is 78.9 Å². The quantitative estimate of drug-likeness (QED) is 0.267. The Morgan fingerprint density at radius 2 is 1.19 bits per heavy atom. The number of hydrogen-bond acceptors (Lipinski definition) is 8. The minimum atomic E-state index is -1.33. The third kappa shape index (κ3) is 12.0. The molecule has 4 N–H and O–H groups in total. The molecule has 0 saturated carbocycles. The Bertz CT molecular complexity index is 201. The van der Waals surface area contributed by atoms with Gasteiger partial charge < -0.3 is 31.3 Å². The average molecular weight is 284 g/mol. The van der Waals surface area contributed by atoms with Gasteiger partial charge in [0.05, 0.1) is 24.0 Å². The summed E-state index contributed by atoms with van der Waals surface area (Å²) in [6, 6.07) is -2.10. The molecule has 0 aliphatic heterocycles. The van der Waals surface area contributed by atoms with Crippen LogP contribution in [-0.2, 0) is 9.59 Å². The van der Waals surface area contributed by atoms with E-state index in [0.717, 1.165) is 21.6 Å². The van der Waals surface area contributed by atoms with Gasteiger partial charge in [0.15, 0.2) is 0 Å². The van der Waals surface area contributed by atoms with Crippen LogP contribution in [0.25, 0.3) is 0 Å². The predicted molar refractivity (Wildman–Crippen MR) is 50.9 cm³/mol. The summed E-state index contributed by atoms with van der Waals surface area (Å²) >= 11 is 0. The van der Waals surface area contributed by atoms with Crippen LogP contribution >= 0.6 is 21.6 Å². The summed E-state index contributed by atoms with van der Waals surface area (Å²) in [6.45, 7) is 0. The van der Waals surface area contributed by atoms with E-state index in [1.54, 1.807) is 0 Å². The molecule has 0 aromatic heterocycles. The van der Waals surface area contributed by atoms with E-state index in [0.29, 0.717) is 0 Å². The van der Waals surface area contributed by atoms with Crippen molar-refractivity contribution in [2.24, 2.45) is 11.5 Å². The van der Waals surface area contributed by atoms with E-state index < -0.39 is 24.0 Å². The second-order valence-electron chi connectivity index (χ2n) is 2.42. The van der Waals surface area contributed by atoms with Crippen LogP contribution in [0.1, 0.15) is 0 Å². The molecule has 6 nitrogen and oxygen atoms in total. The topological polar surface area (TPSA) is 132 Å². The molecule has 0 aliphatic rings. The van der Waals surface area contributed by atoms with E-state index >= 15 is 0 Å². The van der Waals surface area contributed by atoms with Gasteiger partial charge in [-0.3, -0.25) is 0 Å². The summed E-state index contributed by atoms with van der Waals surface area (Å²) in [6.07, 6.45) is 0. The summed E-state index contributed by atoms with van der Waals surface area (Å²) < 4.78 is 0. The van der Waals surface area contributed by atoms with Crippen LogP contribution in [-0.4, -0.2) is 35.5 Å². The van der Waals surface area contributed by atoms with Gasteiger partial charge in [0, 0.05) is 11.5 Å². The van der Waals surface area contributed by atoms with Gasteiger partial charge in [-0.25, -0.2) is 0 Å². The number of hydrogen-bond donors (Lipinski definition) is 2. The Morgan fingerprint density at radius 1 is 0.938 bits per heavy atom. The van der Waals surface area contributed by atoms with Crippen LogP contribution in [0.3, 0.4) is 0 Å². The molecule has 2 atom stereocenters. The van der Waals surface area contributed by atoms with Gasteiger partial charge in [-0.05, 0) is 0 Å². The van der Waals surface area contributed by atoms with Gasteiger partial charge in [-0.1, -0.05) is 21.6 Å². The van der Waals surface area contributed by atoms with Crippen LogP contribution in [0, 0.1) is 0 Å². The number of carboxylic acid groups (broad SMARTS) is 2. The van der Waals surface area contributed by atoms with Crippen LogP contribution < -0.4 is 80.8 Å². The molecule has 0 heterocycles. The number of nitrogens with two attached hydrogens (primary N) is 2. The SMILES string of the molecule is NC(CSSC[C@H](N)C(=O)[O-])C(=O)[O-].[Na+].[Na+]. The van der Waals surface area contributed by atoms with E-state index in [1.807, 2.05) is 0 Å². The van der Waals surface area contributed by atoms with Crippen molar-refractivity contribution in [1.82, 2.24) is 0 Å². The molecule has 0 saturated heterocycles. The molecule has 82 valence electrons. The normalized spacial score (nSPS) is 12.9. The first-order chi connectivity index (χ1) is 6.45. The fraction of sp³-hybridized carbons (Fsp3) is 0.667. The van der Waals surface area contributed by atoms with E-state index in [2.05, 4.69) is 0 Å². The number of carboxylic acids is 2. The fourth-order valence-electron chi connectivity index (χ4n) is 0.379. The average Bonchev–Trinajstić information content (AvgIpc) is 2.11. The molecule has 0 aromatic carbocycles. The molecule has 10 heteroatoms. The van der Waals surface area contributed by atoms with Crippen molar-refractivity contribution in [3.63, 3.8) is 0 Å². The second-order valence-corrected chi connectivity index (χ2v) is 4.97. The molecule has 1 unspecified atom stereocenters. The molecule has 0 radical (unpaired) electrons. The first kappa shape index (κ1) is 22.7. The number of carbonyl (C=O) groups excluding carboxylic acids is 2. The first-order valence-corrected chi connectivity index (χ1v) is 6.11. The summed E-state index contributed by atoms with van der Waals surface area (Å²) in [5, 5.41) is 20.3. The molecular weight excluding hydrogens is 274 g/mol. The van der Waals surface area contributed by atoms with Gasteiger partial charge in [-0.2, -0.15) is 0 Å². The first-order valence-electron chi connectivity index (χ1n) is 3.62. The maximum atomic E-state index is 10.1. The van der Waals surface area contributed by atoms with Gasteiger partial charge in [0.25, 0.3) is 0 Å². The minimum Gasteiger partial charge on any atom is -0.548 e. The Hall–Kier alpha value is 1.56. The summed E-state index contributed by atoms with van der Waals surface area (Å²) in [4.78, 5) is 20.3. The second kappa shape index (κ2) is 13.0. The van der Waals surface area contributed by atoms with Crippen molar-refractivity contribution in [3.8, 4) is 0 Å². The molecule has 0 amide bonds. The van der Waals surface area contributed by atoms with Crippen LogP contribution in [0.15, 0.2) is 0 Å². The monoisotopic (exact) mass is 284 g/mol. The summed E-state index contributed by atoms with van der Waals surface area (Å²) in [5.41, 5.74) is 10.3. The number of aliphatic carboxylic acids is 2. The van der Waals surface area contributed by atoms with Crippen molar-refractivity contribution in [2.75, 3.05) is 11.5 Å². The minimum absolute atomic E-state index is 0. The summed E-state index contributed by atoms with van der Waals surface area (Å²) in [5.74, 6) is -2.37. The Labute approximate surface area is 146 Å². The van der Waals surface area contributed by atoms with Crippen LogP contribution in [0.4, 0.5) is 0 Å². The van der Waals surface area contributed by atoms with Crippen molar-refractivity contribution >= 4 is 33.5 Å². The van der Waals surface area contributed by atoms with E-state index in [4.69, 9.17) is 11.5 Å². The van der Waals surface area contributed by atoms with E-state index in [-0.39, 0.29) is 70.6 Å². The van der Waals surface area contributed by atoms with Crippen molar-refractivity contribution in [1.29, 1.82) is 0 Å². The zero-order chi connectivity index (χ0) is 11.1. The maximum absolute atomic E-state index is 10.1. The third-order valence-electron chi connectivity index (χ3n) is 1.18. The zero-order valence-corrected chi connectivity index (χ0v) is 14.8. The van der Waals surface area contributed by atoms with Crippen LogP contribution in [0.5, 0.6) is 0 Å². The number of rotatable bonds is 7. The molecule has 0 bridgehead atoms. The van der Waals surface area contributed by atoms with Gasteiger partial charge in [0.1, 0.15) is 0 Å².